The number of carbonyl (C=O) groups excluding carboxylic acids is 1. The van der Waals surface area contributed by atoms with Crippen LogP contribution in [-0.2, 0) is 9.53 Å². The minimum Gasteiger partial charge on any atom is -0.462 e. The van der Waals surface area contributed by atoms with Gasteiger partial charge in [-0.05, 0) is 56.7 Å². The lowest BCUT2D eigenvalue weighted by Crippen LogP contribution is -2.23. The van der Waals surface area contributed by atoms with E-state index < -0.39 is 5.97 Å². The topological polar surface area (TPSA) is 53.3 Å². The Bertz CT molecular complexity index is 736. The lowest BCUT2D eigenvalue weighted by Gasteiger charge is -2.29. The molecule has 0 amide bonds. The van der Waals surface area contributed by atoms with Gasteiger partial charge < -0.3 is 9.64 Å². The zero-order chi connectivity index (χ0) is 16.8. The molecule has 4 heteroatoms. The number of hydrogen-bond donors (Lipinski definition) is 0. The van der Waals surface area contributed by atoms with Crippen molar-refractivity contribution in [2.24, 2.45) is 0 Å². The molecule has 0 spiro atoms. The van der Waals surface area contributed by atoms with Crippen LogP contribution in [0.5, 0.6) is 0 Å². The average Bonchev–Trinajstić information content (AvgIpc) is 2.55. The Morgan fingerprint density at radius 3 is 2.78 bits per heavy atom. The van der Waals surface area contributed by atoms with Gasteiger partial charge in [0.2, 0.25) is 0 Å². The normalized spacial score (nSPS) is 15.3. The van der Waals surface area contributed by atoms with Crippen LogP contribution in [0.2, 0.25) is 0 Å². The van der Waals surface area contributed by atoms with E-state index in [1.807, 2.05) is 18.2 Å². The van der Waals surface area contributed by atoms with Crippen molar-refractivity contribution in [1.29, 1.82) is 5.26 Å². The molecule has 1 aliphatic heterocycles. The van der Waals surface area contributed by atoms with Crippen LogP contribution in [0.3, 0.4) is 0 Å². The number of rotatable bonds is 4. The Labute approximate surface area is 137 Å². The molecule has 0 saturated heterocycles. The fraction of sp³-hybridized carbons (Fsp3) is 0.263. The number of benzene rings is 1. The molecule has 23 heavy (non-hydrogen) atoms. The number of esters is 1. The molecule has 0 radical (unpaired) electrons. The first kappa shape index (κ1) is 16.6. The van der Waals surface area contributed by atoms with Gasteiger partial charge in [0, 0.05) is 17.9 Å². The van der Waals surface area contributed by atoms with Crippen LogP contribution in [0, 0.1) is 18.3 Å². The first-order valence-corrected chi connectivity index (χ1v) is 7.66. The van der Waals surface area contributed by atoms with Gasteiger partial charge >= 0.3 is 5.97 Å². The maximum atomic E-state index is 11.7. The molecule has 1 aromatic carbocycles. The minimum atomic E-state index is -0.592. The summed E-state index contributed by atoms with van der Waals surface area (Å²) in [6, 6.07) is 8.19. The Morgan fingerprint density at radius 1 is 1.35 bits per heavy atom. The monoisotopic (exact) mass is 308 g/mol. The summed E-state index contributed by atoms with van der Waals surface area (Å²) >= 11 is 0. The van der Waals surface area contributed by atoms with E-state index in [1.54, 1.807) is 13.0 Å². The second kappa shape index (κ2) is 7.46. The second-order valence-electron chi connectivity index (χ2n) is 5.14. The van der Waals surface area contributed by atoms with E-state index in [-0.39, 0.29) is 12.2 Å². The number of fused-ring (bicyclic) bond motifs is 1. The fourth-order valence-corrected chi connectivity index (χ4v) is 2.48. The van der Waals surface area contributed by atoms with E-state index in [2.05, 4.69) is 36.9 Å². The van der Waals surface area contributed by atoms with E-state index >= 15 is 0 Å². The number of likely N-dealkylation sites (N-methyl/N-ethyl adjacent to an activating group) is 1. The fourth-order valence-electron chi connectivity index (χ4n) is 2.48. The third-order valence-electron chi connectivity index (χ3n) is 3.57. The zero-order valence-electron chi connectivity index (χ0n) is 13.7. The molecule has 0 aliphatic carbocycles. The molecular formula is C19H20N2O2. The molecule has 0 saturated carbocycles. The summed E-state index contributed by atoms with van der Waals surface area (Å²) in [5, 5.41) is 9.08. The molecule has 2 rings (SSSR count). The Morgan fingerprint density at radius 2 is 2.13 bits per heavy atom. The van der Waals surface area contributed by atoms with Crippen LogP contribution in [0.1, 0.15) is 25.0 Å². The van der Waals surface area contributed by atoms with E-state index in [4.69, 9.17) is 10.00 Å². The number of ether oxygens (including phenoxy) is 1. The standard InChI is InChI=1S/C19H20N2O2/c1-4-21-17(10-8-16(13-20)19(22)23-5-2)9-7-15-12-14(3)6-11-18(15)21/h6-12H,4-5H2,1-3H3. The molecule has 1 heterocycles. The third-order valence-corrected chi connectivity index (χ3v) is 3.57. The molecule has 0 N–H and O–H groups in total. The number of nitrogens with zero attached hydrogens (tertiary/aromatic N) is 2. The number of nitriles is 1. The first-order valence-electron chi connectivity index (χ1n) is 7.66. The maximum absolute atomic E-state index is 11.7. The molecule has 0 aromatic heterocycles. The molecule has 4 nitrogen and oxygen atoms in total. The van der Waals surface area contributed by atoms with Crippen molar-refractivity contribution in [2.75, 3.05) is 18.1 Å². The highest BCUT2D eigenvalue weighted by atomic mass is 16.5. The molecule has 1 aliphatic rings. The number of allylic oxidation sites excluding steroid dienone is 3. The molecule has 118 valence electrons. The number of hydrogen-bond acceptors (Lipinski definition) is 4. The van der Waals surface area contributed by atoms with Gasteiger partial charge in [-0.2, -0.15) is 5.26 Å². The van der Waals surface area contributed by atoms with Gasteiger partial charge in [-0.15, -0.1) is 0 Å². The van der Waals surface area contributed by atoms with Gasteiger partial charge in [0.1, 0.15) is 11.6 Å². The highest BCUT2D eigenvalue weighted by Crippen LogP contribution is 2.31. The predicted octanol–water partition coefficient (Wildman–Crippen LogP) is 3.75. The summed E-state index contributed by atoms with van der Waals surface area (Å²) in [5.74, 6) is -0.592. The van der Waals surface area contributed by atoms with Crippen LogP contribution in [0.25, 0.3) is 6.08 Å². The quantitative estimate of drug-likeness (QED) is 0.483. The molecule has 0 atom stereocenters. The molecule has 1 aromatic rings. The van der Waals surface area contributed by atoms with Crippen LogP contribution in [-0.4, -0.2) is 19.1 Å². The summed E-state index contributed by atoms with van der Waals surface area (Å²) in [4.78, 5) is 13.8. The zero-order valence-corrected chi connectivity index (χ0v) is 13.7. The number of anilines is 1. The Kier molecular flexibility index (Phi) is 5.37. The Balaban J connectivity index is 2.35. The van der Waals surface area contributed by atoms with Crippen molar-refractivity contribution in [3.63, 3.8) is 0 Å². The summed E-state index contributed by atoms with van der Waals surface area (Å²) < 4.78 is 4.87. The molecule has 0 bridgehead atoms. The average molecular weight is 308 g/mol. The molecule has 0 unspecified atom stereocenters. The van der Waals surface area contributed by atoms with Crippen molar-refractivity contribution in [2.45, 2.75) is 20.8 Å². The lowest BCUT2D eigenvalue weighted by molar-refractivity contribution is -0.138. The van der Waals surface area contributed by atoms with Crippen molar-refractivity contribution >= 4 is 17.7 Å². The van der Waals surface area contributed by atoms with Crippen molar-refractivity contribution in [3.05, 3.63) is 58.8 Å². The maximum Gasteiger partial charge on any atom is 0.348 e. The highest BCUT2D eigenvalue weighted by molar-refractivity contribution is 5.93. The van der Waals surface area contributed by atoms with Crippen molar-refractivity contribution in [1.82, 2.24) is 0 Å². The lowest BCUT2D eigenvalue weighted by atomic mass is 10.0. The van der Waals surface area contributed by atoms with Gasteiger partial charge in [0.25, 0.3) is 0 Å². The third kappa shape index (κ3) is 3.70. The summed E-state index contributed by atoms with van der Waals surface area (Å²) in [6.07, 6.45) is 7.32. The van der Waals surface area contributed by atoms with Crippen LogP contribution >= 0.6 is 0 Å². The highest BCUT2D eigenvalue weighted by Gasteiger charge is 2.16. The van der Waals surface area contributed by atoms with E-state index in [0.29, 0.717) is 0 Å². The largest absolute Gasteiger partial charge is 0.462 e. The predicted molar refractivity (Wildman–Crippen MR) is 91.6 cm³/mol. The van der Waals surface area contributed by atoms with Gasteiger partial charge in [0.15, 0.2) is 0 Å². The molecule has 0 fully saturated rings. The smallest absolute Gasteiger partial charge is 0.348 e. The van der Waals surface area contributed by atoms with Gasteiger partial charge in [-0.3, -0.25) is 0 Å². The van der Waals surface area contributed by atoms with E-state index in [0.717, 1.165) is 17.9 Å². The minimum absolute atomic E-state index is 0.00138. The number of aryl methyl sites for hydroxylation is 1. The summed E-state index contributed by atoms with van der Waals surface area (Å²) in [5.41, 5.74) is 4.43. The van der Waals surface area contributed by atoms with Crippen LogP contribution in [0.15, 0.2) is 47.7 Å². The van der Waals surface area contributed by atoms with Crippen molar-refractivity contribution < 1.29 is 9.53 Å². The number of carbonyl (C=O) groups is 1. The Hall–Kier alpha value is -2.80. The van der Waals surface area contributed by atoms with Crippen LogP contribution < -0.4 is 4.90 Å². The SMILES string of the molecule is CCOC(=O)C(C#N)=CC=C1C=Cc2cc(C)ccc2N1CC. The first-order chi connectivity index (χ1) is 11.1. The van der Waals surface area contributed by atoms with E-state index in [9.17, 15) is 4.79 Å². The molecular weight excluding hydrogens is 288 g/mol. The van der Waals surface area contributed by atoms with Gasteiger partial charge in [0.05, 0.1) is 6.61 Å². The van der Waals surface area contributed by atoms with Crippen molar-refractivity contribution in [3.8, 4) is 6.07 Å². The van der Waals surface area contributed by atoms with Gasteiger partial charge in [-0.1, -0.05) is 17.7 Å². The van der Waals surface area contributed by atoms with Gasteiger partial charge in [-0.25, -0.2) is 4.79 Å². The summed E-state index contributed by atoms with van der Waals surface area (Å²) in [6.45, 7) is 6.89. The summed E-state index contributed by atoms with van der Waals surface area (Å²) in [7, 11) is 0. The van der Waals surface area contributed by atoms with Crippen LogP contribution in [0.4, 0.5) is 5.69 Å². The second-order valence-corrected chi connectivity index (χ2v) is 5.14. The van der Waals surface area contributed by atoms with E-state index in [1.165, 1.54) is 17.2 Å².